The lowest BCUT2D eigenvalue weighted by atomic mass is 10.0. The molecule has 10 nitrogen and oxygen atoms in total. The van der Waals surface area contributed by atoms with Crippen molar-refractivity contribution < 1.29 is 19.2 Å². The zero-order chi connectivity index (χ0) is 24.0. The van der Waals surface area contributed by atoms with Crippen molar-refractivity contribution >= 4 is 23.6 Å². The van der Waals surface area contributed by atoms with E-state index in [0.717, 1.165) is 0 Å². The van der Waals surface area contributed by atoms with Crippen LogP contribution in [0.1, 0.15) is 39.5 Å². The molecule has 0 aromatic heterocycles. The molecule has 0 aliphatic carbocycles. The molecule has 0 radical (unpaired) electrons. The standard InChI is InChI=1S/C21H38N6O4/c1-6-15(7-2)18(20(30)25-14(3)19(29)24-4)27(5)21(31)16(10-8-9-12-22)26-17(28)11-13-23/h6-7,14,16,18H,1,8-13,22-23H2,2-5H3,(H,24,29)(H,25,30)(H,26,28)/b15-7+/t14-,16-,18-/m0/s1. The van der Waals surface area contributed by atoms with Crippen LogP contribution in [-0.4, -0.2) is 73.8 Å². The molecule has 3 atom stereocenters. The van der Waals surface area contributed by atoms with Gasteiger partial charge in [0.05, 0.1) is 0 Å². The average Bonchev–Trinajstić information content (AvgIpc) is 2.75. The Labute approximate surface area is 184 Å². The van der Waals surface area contributed by atoms with Gasteiger partial charge >= 0.3 is 0 Å². The van der Waals surface area contributed by atoms with E-state index < -0.39 is 29.9 Å². The maximum Gasteiger partial charge on any atom is 0.248 e. The van der Waals surface area contributed by atoms with Gasteiger partial charge in [-0.3, -0.25) is 19.2 Å². The number of nitrogens with two attached hydrogens (primary N) is 2. The summed E-state index contributed by atoms with van der Waals surface area (Å²) in [5.74, 6) is -1.67. The Kier molecular flexibility index (Phi) is 13.8. The van der Waals surface area contributed by atoms with Gasteiger partial charge in [-0.1, -0.05) is 18.7 Å². The average molecular weight is 439 g/mol. The summed E-state index contributed by atoms with van der Waals surface area (Å²) in [6, 6.07) is -2.65. The van der Waals surface area contributed by atoms with E-state index in [9.17, 15) is 19.2 Å². The van der Waals surface area contributed by atoms with Crippen LogP contribution >= 0.6 is 0 Å². The van der Waals surface area contributed by atoms with Crippen molar-refractivity contribution in [2.24, 2.45) is 11.5 Å². The van der Waals surface area contributed by atoms with Crippen molar-refractivity contribution in [3.05, 3.63) is 24.3 Å². The second-order valence-corrected chi connectivity index (χ2v) is 7.13. The molecule has 0 rings (SSSR count). The number of carbonyl (C=O) groups is 4. The SMILES string of the molecule is C=C/C(=C\C)[C@@H](C(=O)N[C@@H](C)C(=O)NC)N(C)C(=O)[C@H](CCCCN)NC(=O)CCN. The smallest absolute Gasteiger partial charge is 0.248 e. The summed E-state index contributed by atoms with van der Waals surface area (Å²) in [7, 11) is 2.95. The molecule has 7 N–H and O–H groups in total. The normalized spacial score (nSPS) is 14.1. The van der Waals surface area contributed by atoms with Crippen LogP contribution in [0.5, 0.6) is 0 Å². The summed E-state index contributed by atoms with van der Waals surface area (Å²) in [6.07, 6.45) is 4.94. The highest BCUT2D eigenvalue weighted by molar-refractivity contribution is 5.96. The van der Waals surface area contributed by atoms with Crippen LogP contribution in [0.2, 0.25) is 0 Å². The minimum Gasteiger partial charge on any atom is -0.357 e. The summed E-state index contributed by atoms with van der Waals surface area (Å²) in [5, 5.41) is 7.78. The molecule has 4 amide bonds. The van der Waals surface area contributed by atoms with E-state index in [1.165, 1.54) is 25.1 Å². The van der Waals surface area contributed by atoms with Crippen molar-refractivity contribution in [3.8, 4) is 0 Å². The fourth-order valence-corrected chi connectivity index (χ4v) is 3.03. The third kappa shape index (κ3) is 9.31. The predicted octanol–water partition coefficient (Wildman–Crippen LogP) is -0.841. The number of carbonyl (C=O) groups excluding carboxylic acids is 4. The van der Waals surface area contributed by atoms with E-state index >= 15 is 0 Å². The Balaban J connectivity index is 5.76. The topological polar surface area (TPSA) is 160 Å². The van der Waals surface area contributed by atoms with Crippen molar-refractivity contribution in [2.75, 3.05) is 27.2 Å². The molecule has 10 heteroatoms. The highest BCUT2D eigenvalue weighted by Crippen LogP contribution is 2.15. The molecule has 0 bridgehead atoms. The van der Waals surface area contributed by atoms with E-state index in [0.29, 0.717) is 31.4 Å². The molecular weight excluding hydrogens is 400 g/mol. The molecule has 0 saturated carbocycles. The summed E-state index contributed by atoms with van der Waals surface area (Å²) >= 11 is 0. The predicted molar refractivity (Wildman–Crippen MR) is 121 cm³/mol. The number of likely N-dealkylation sites (N-methyl/N-ethyl adjacent to an activating group) is 2. The number of unbranched alkanes of at least 4 members (excludes halogenated alkanes) is 1. The van der Waals surface area contributed by atoms with Crippen molar-refractivity contribution in [1.29, 1.82) is 0 Å². The molecule has 0 fully saturated rings. The van der Waals surface area contributed by atoms with Gasteiger partial charge in [-0.15, -0.1) is 0 Å². The van der Waals surface area contributed by atoms with Crippen LogP contribution in [0.25, 0.3) is 0 Å². The van der Waals surface area contributed by atoms with Gasteiger partial charge in [0.15, 0.2) is 0 Å². The summed E-state index contributed by atoms with van der Waals surface area (Å²) < 4.78 is 0. The highest BCUT2D eigenvalue weighted by atomic mass is 16.2. The third-order valence-corrected chi connectivity index (χ3v) is 4.82. The number of amides is 4. The Morgan fingerprint density at radius 1 is 1.06 bits per heavy atom. The number of rotatable bonds is 14. The Morgan fingerprint density at radius 2 is 1.71 bits per heavy atom. The van der Waals surface area contributed by atoms with E-state index in [-0.39, 0.29) is 24.8 Å². The lowest BCUT2D eigenvalue weighted by Gasteiger charge is -2.32. The van der Waals surface area contributed by atoms with Gasteiger partial charge in [-0.05, 0) is 45.2 Å². The van der Waals surface area contributed by atoms with Crippen molar-refractivity contribution in [2.45, 2.75) is 57.7 Å². The quantitative estimate of drug-likeness (QED) is 0.176. The molecule has 0 aliphatic heterocycles. The molecule has 0 aromatic rings. The van der Waals surface area contributed by atoms with Gasteiger partial charge in [0, 0.05) is 27.1 Å². The Hall–Kier alpha value is -2.72. The molecule has 0 aliphatic rings. The second kappa shape index (κ2) is 15.1. The minimum atomic E-state index is -1.02. The molecule has 176 valence electrons. The number of hydrogen-bond acceptors (Lipinski definition) is 6. The maximum absolute atomic E-state index is 13.3. The van der Waals surface area contributed by atoms with Crippen LogP contribution in [0, 0.1) is 0 Å². The molecule has 0 heterocycles. The zero-order valence-corrected chi connectivity index (χ0v) is 19.1. The first-order valence-electron chi connectivity index (χ1n) is 10.4. The van der Waals surface area contributed by atoms with Gasteiger partial charge in [0.25, 0.3) is 0 Å². The van der Waals surface area contributed by atoms with E-state index in [2.05, 4.69) is 22.5 Å². The van der Waals surface area contributed by atoms with Crippen LogP contribution in [0.15, 0.2) is 24.3 Å². The first-order chi connectivity index (χ1) is 14.7. The number of nitrogens with one attached hydrogen (secondary N) is 3. The molecule has 0 aromatic carbocycles. The third-order valence-electron chi connectivity index (χ3n) is 4.82. The Morgan fingerprint density at radius 3 is 2.19 bits per heavy atom. The summed E-state index contributed by atoms with van der Waals surface area (Å²) in [5.41, 5.74) is 11.5. The van der Waals surface area contributed by atoms with Crippen molar-refractivity contribution in [3.63, 3.8) is 0 Å². The number of nitrogens with zero attached hydrogens (tertiary/aromatic N) is 1. The van der Waals surface area contributed by atoms with Gasteiger partial charge in [0.2, 0.25) is 23.6 Å². The van der Waals surface area contributed by atoms with Gasteiger partial charge in [0.1, 0.15) is 18.1 Å². The Bertz CT molecular complexity index is 664. The summed E-state index contributed by atoms with van der Waals surface area (Å²) in [4.78, 5) is 51.4. The largest absolute Gasteiger partial charge is 0.357 e. The molecular formula is C21H38N6O4. The van der Waals surface area contributed by atoms with Gasteiger partial charge < -0.3 is 32.3 Å². The summed E-state index contributed by atoms with van der Waals surface area (Å²) in [6.45, 7) is 7.61. The molecule has 0 unspecified atom stereocenters. The molecule has 0 spiro atoms. The monoisotopic (exact) mass is 438 g/mol. The van der Waals surface area contributed by atoms with Crippen molar-refractivity contribution in [1.82, 2.24) is 20.9 Å². The number of allylic oxidation sites excluding steroid dienone is 1. The zero-order valence-electron chi connectivity index (χ0n) is 19.1. The van der Waals surface area contributed by atoms with E-state index in [1.54, 1.807) is 19.9 Å². The second-order valence-electron chi connectivity index (χ2n) is 7.13. The van der Waals surface area contributed by atoms with Crippen LogP contribution < -0.4 is 27.4 Å². The van der Waals surface area contributed by atoms with E-state index in [4.69, 9.17) is 11.5 Å². The minimum absolute atomic E-state index is 0.0880. The maximum atomic E-state index is 13.3. The lowest BCUT2D eigenvalue weighted by Crippen LogP contribution is -2.57. The molecule has 0 saturated heterocycles. The van der Waals surface area contributed by atoms with Crippen LogP contribution in [0.4, 0.5) is 0 Å². The number of hydrogen-bond donors (Lipinski definition) is 5. The fraction of sp³-hybridized carbons (Fsp3) is 0.619. The first-order valence-corrected chi connectivity index (χ1v) is 10.4. The first kappa shape index (κ1) is 28.3. The van der Waals surface area contributed by atoms with Crippen LogP contribution in [-0.2, 0) is 19.2 Å². The highest BCUT2D eigenvalue weighted by Gasteiger charge is 2.34. The van der Waals surface area contributed by atoms with Gasteiger partial charge in [-0.2, -0.15) is 0 Å². The van der Waals surface area contributed by atoms with Gasteiger partial charge in [-0.25, -0.2) is 0 Å². The fourth-order valence-electron chi connectivity index (χ4n) is 3.03. The van der Waals surface area contributed by atoms with E-state index in [1.807, 2.05) is 0 Å². The molecule has 31 heavy (non-hydrogen) atoms. The van der Waals surface area contributed by atoms with Crippen LogP contribution in [0.3, 0.4) is 0 Å². The lowest BCUT2D eigenvalue weighted by molar-refractivity contribution is -0.141.